The highest BCUT2D eigenvalue weighted by atomic mass is 16.5. The number of amides is 1. The Bertz CT molecular complexity index is 937. The van der Waals surface area contributed by atoms with Gasteiger partial charge in [0.1, 0.15) is 11.1 Å². The number of esters is 1. The van der Waals surface area contributed by atoms with E-state index in [-0.39, 0.29) is 5.91 Å². The molecule has 29 heavy (non-hydrogen) atoms. The Morgan fingerprint density at radius 1 is 1.21 bits per heavy atom. The SMILES string of the molecule is Cc1nn(-c2ccccc2)c(C)c1C(=O)OCC(=O)N(C)C1(C#N)CCCCC1. The number of carbonyl (C=O) groups is 2. The van der Waals surface area contributed by atoms with E-state index in [9.17, 15) is 14.9 Å². The normalized spacial score (nSPS) is 15.4. The van der Waals surface area contributed by atoms with E-state index < -0.39 is 18.1 Å². The van der Waals surface area contributed by atoms with E-state index in [1.165, 1.54) is 4.90 Å². The van der Waals surface area contributed by atoms with Crippen molar-refractivity contribution in [2.45, 2.75) is 51.5 Å². The second-order valence-corrected chi connectivity index (χ2v) is 7.53. The molecule has 3 rings (SSSR count). The fraction of sp³-hybridized carbons (Fsp3) is 0.455. The lowest BCUT2D eigenvalue weighted by molar-refractivity contribution is -0.138. The van der Waals surface area contributed by atoms with Crippen LogP contribution in [0.2, 0.25) is 0 Å². The van der Waals surface area contributed by atoms with Gasteiger partial charge in [0.2, 0.25) is 0 Å². The van der Waals surface area contributed by atoms with Crippen LogP contribution >= 0.6 is 0 Å². The fourth-order valence-electron chi connectivity index (χ4n) is 3.95. The number of hydrogen-bond donors (Lipinski definition) is 0. The van der Waals surface area contributed by atoms with Crippen molar-refractivity contribution in [3.63, 3.8) is 0 Å². The number of aromatic nitrogens is 2. The molecule has 1 aliphatic carbocycles. The summed E-state index contributed by atoms with van der Waals surface area (Å²) in [5, 5.41) is 14.1. The monoisotopic (exact) mass is 394 g/mol. The Labute approximate surface area is 170 Å². The first-order valence-electron chi connectivity index (χ1n) is 9.86. The minimum absolute atomic E-state index is 0.358. The molecular weight excluding hydrogens is 368 g/mol. The maximum atomic E-state index is 12.7. The van der Waals surface area contributed by atoms with Crippen LogP contribution < -0.4 is 0 Å². The molecule has 1 aromatic carbocycles. The topological polar surface area (TPSA) is 88.2 Å². The van der Waals surface area contributed by atoms with Crippen LogP contribution in [0.3, 0.4) is 0 Å². The van der Waals surface area contributed by atoms with Crippen LogP contribution in [0, 0.1) is 25.2 Å². The van der Waals surface area contributed by atoms with Gasteiger partial charge in [-0.15, -0.1) is 0 Å². The van der Waals surface area contributed by atoms with Crippen LogP contribution in [0.4, 0.5) is 0 Å². The number of rotatable bonds is 5. The van der Waals surface area contributed by atoms with Gasteiger partial charge in [0, 0.05) is 7.05 Å². The molecule has 1 heterocycles. The summed E-state index contributed by atoms with van der Waals surface area (Å²) in [7, 11) is 1.62. The number of likely N-dealkylation sites (N-methyl/N-ethyl adjacent to an activating group) is 1. The average molecular weight is 394 g/mol. The van der Waals surface area contributed by atoms with Gasteiger partial charge in [-0.25, -0.2) is 9.48 Å². The van der Waals surface area contributed by atoms with Crippen molar-refractivity contribution < 1.29 is 14.3 Å². The molecule has 1 aromatic heterocycles. The Morgan fingerprint density at radius 3 is 2.48 bits per heavy atom. The van der Waals surface area contributed by atoms with E-state index in [0.29, 0.717) is 29.8 Å². The molecule has 0 saturated heterocycles. The maximum absolute atomic E-state index is 12.7. The van der Waals surface area contributed by atoms with Gasteiger partial charge in [0.15, 0.2) is 6.61 Å². The molecule has 1 saturated carbocycles. The third kappa shape index (κ3) is 4.02. The first-order chi connectivity index (χ1) is 13.9. The molecule has 2 aromatic rings. The predicted octanol–water partition coefficient (Wildman–Crippen LogP) is 3.33. The number of ether oxygens (including phenoxy) is 1. The van der Waals surface area contributed by atoms with Crippen molar-refractivity contribution in [2.24, 2.45) is 0 Å². The van der Waals surface area contributed by atoms with E-state index in [0.717, 1.165) is 24.9 Å². The van der Waals surface area contributed by atoms with Gasteiger partial charge < -0.3 is 9.64 Å². The van der Waals surface area contributed by atoms with Crippen molar-refractivity contribution in [2.75, 3.05) is 13.7 Å². The van der Waals surface area contributed by atoms with Gasteiger partial charge in [0.25, 0.3) is 5.91 Å². The van der Waals surface area contributed by atoms with Gasteiger partial charge in [-0.05, 0) is 38.8 Å². The standard InChI is InChI=1S/C22H26N4O3/c1-16-20(17(2)26(24-16)18-10-6-4-7-11-18)21(28)29-14-19(27)25(3)22(15-23)12-8-5-9-13-22/h4,6-7,10-11H,5,8-9,12-14H2,1-3H3. The number of benzene rings is 1. The number of aryl methyl sites for hydroxylation is 1. The van der Waals surface area contributed by atoms with E-state index in [4.69, 9.17) is 4.74 Å². The predicted molar refractivity (Wildman–Crippen MR) is 108 cm³/mol. The Morgan fingerprint density at radius 2 is 1.86 bits per heavy atom. The molecule has 152 valence electrons. The average Bonchev–Trinajstić information content (AvgIpc) is 3.06. The van der Waals surface area contributed by atoms with E-state index in [1.54, 1.807) is 25.6 Å². The van der Waals surface area contributed by atoms with Crippen molar-refractivity contribution >= 4 is 11.9 Å². The summed E-state index contributed by atoms with van der Waals surface area (Å²) in [4.78, 5) is 26.7. The summed E-state index contributed by atoms with van der Waals surface area (Å²) >= 11 is 0. The van der Waals surface area contributed by atoms with Crippen molar-refractivity contribution in [3.05, 3.63) is 47.3 Å². The minimum atomic E-state index is -0.800. The van der Waals surface area contributed by atoms with Gasteiger partial charge >= 0.3 is 5.97 Å². The molecule has 0 radical (unpaired) electrons. The van der Waals surface area contributed by atoms with Gasteiger partial charge in [-0.2, -0.15) is 10.4 Å². The second-order valence-electron chi connectivity index (χ2n) is 7.53. The number of nitriles is 1. The first kappa shape index (κ1) is 20.6. The van der Waals surface area contributed by atoms with Gasteiger partial charge in [-0.3, -0.25) is 4.79 Å². The largest absolute Gasteiger partial charge is 0.452 e. The lowest BCUT2D eigenvalue weighted by Crippen LogP contribution is -2.51. The molecule has 1 aliphatic rings. The second kappa shape index (κ2) is 8.48. The number of hydrogen-bond acceptors (Lipinski definition) is 5. The highest BCUT2D eigenvalue weighted by molar-refractivity contribution is 5.93. The van der Waals surface area contributed by atoms with Crippen LogP contribution in [0.1, 0.15) is 53.8 Å². The molecule has 0 aliphatic heterocycles. The van der Waals surface area contributed by atoms with Crippen molar-refractivity contribution in [1.82, 2.24) is 14.7 Å². The van der Waals surface area contributed by atoms with Gasteiger partial charge in [0.05, 0.1) is 23.1 Å². The number of nitrogens with zero attached hydrogens (tertiary/aromatic N) is 4. The van der Waals surface area contributed by atoms with Crippen molar-refractivity contribution in [3.8, 4) is 11.8 Å². The first-order valence-corrected chi connectivity index (χ1v) is 9.86. The summed E-state index contributed by atoms with van der Waals surface area (Å²) in [6, 6.07) is 11.8. The van der Waals surface area contributed by atoms with Gasteiger partial charge in [-0.1, -0.05) is 37.5 Å². The molecule has 1 fully saturated rings. The molecule has 1 amide bonds. The van der Waals surface area contributed by atoms with Crippen LogP contribution in [0.25, 0.3) is 5.69 Å². The smallest absolute Gasteiger partial charge is 0.342 e. The number of carbonyl (C=O) groups excluding carboxylic acids is 2. The molecule has 0 bridgehead atoms. The summed E-state index contributed by atoms with van der Waals surface area (Å²) in [5.41, 5.74) is 1.59. The lowest BCUT2D eigenvalue weighted by Gasteiger charge is -2.38. The summed E-state index contributed by atoms with van der Waals surface area (Å²) in [6.07, 6.45) is 4.22. The molecule has 0 spiro atoms. The van der Waals surface area contributed by atoms with E-state index >= 15 is 0 Å². The van der Waals surface area contributed by atoms with Crippen LogP contribution in [-0.4, -0.2) is 45.8 Å². The molecular formula is C22H26N4O3. The zero-order valence-electron chi connectivity index (χ0n) is 17.1. The zero-order chi connectivity index (χ0) is 21.0. The Kier molecular flexibility index (Phi) is 6.02. The molecule has 0 atom stereocenters. The quantitative estimate of drug-likeness (QED) is 0.726. The van der Waals surface area contributed by atoms with Crippen molar-refractivity contribution in [1.29, 1.82) is 5.26 Å². The third-order valence-electron chi connectivity index (χ3n) is 5.73. The Balaban J connectivity index is 1.70. The highest BCUT2D eigenvalue weighted by Crippen LogP contribution is 2.32. The van der Waals surface area contributed by atoms with Crippen LogP contribution in [0.15, 0.2) is 30.3 Å². The van der Waals surface area contributed by atoms with Crippen LogP contribution in [-0.2, 0) is 9.53 Å². The van der Waals surface area contributed by atoms with E-state index in [2.05, 4.69) is 11.2 Å². The zero-order valence-corrected chi connectivity index (χ0v) is 17.1. The number of para-hydroxylation sites is 1. The molecule has 0 N–H and O–H groups in total. The minimum Gasteiger partial charge on any atom is -0.452 e. The molecule has 7 heteroatoms. The lowest BCUT2D eigenvalue weighted by atomic mass is 9.81. The summed E-state index contributed by atoms with van der Waals surface area (Å²) < 4.78 is 7.00. The summed E-state index contributed by atoms with van der Waals surface area (Å²) in [6.45, 7) is 3.14. The van der Waals surface area contributed by atoms with Crippen LogP contribution in [0.5, 0.6) is 0 Å². The van der Waals surface area contributed by atoms with E-state index in [1.807, 2.05) is 30.3 Å². The fourth-order valence-corrected chi connectivity index (χ4v) is 3.95. The molecule has 7 nitrogen and oxygen atoms in total. The maximum Gasteiger partial charge on any atom is 0.342 e. The molecule has 0 unspecified atom stereocenters. The summed E-state index contributed by atoms with van der Waals surface area (Å²) in [5.74, 6) is -0.953. The highest BCUT2D eigenvalue weighted by Gasteiger charge is 2.39. The third-order valence-corrected chi connectivity index (χ3v) is 5.73. The Hall–Kier alpha value is -3.14.